The van der Waals surface area contributed by atoms with Gasteiger partial charge in [0.2, 0.25) is 5.91 Å². The van der Waals surface area contributed by atoms with Gasteiger partial charge in [-0.25, -0.2) is 4.39 Å². The number of esters is 1. The second-order valence-corrected chi connectivity index (χ2v) is 7.79. The summed E-state index contributed by atoms with van der Waals surface area (Å²) in [6.45, 7) is 1.94. The molecule has 1 saturated carbocycles. The van der Waals surface area contributed by atoms with Crippen LogP contribution < -0.4 is 5.32 Å². The van der Waals surface area contributed by atoms with Crippen LogP contribution in [-0.4, -0.2) is 24.7 Å². The Hall–Kier alpha value is -2.61. The van der Waals surface area contributed by atoms with Crippen LogP contribution in [0.2, 0.25) is 5.02 Å². The van der Waals surface area contributed by atoms with E-state index < -0.39 is 30.2 Å². The van der Waals surface area contributed by atoms with E-state index in [-0.39, 0.29) is 35.7 Å². The summed E-state index contributed by atoms with van der Waals surface area (Å²) in [6, 6.07) is 9.39. The molecule has 0 radical (unpaired) electrons. The van der Waals surface area contributed by atoms with Crippen molar-refractivity contribution >= 4 is 29.2 Å². The summed E-state index contributed by atoms with van der Waals surface area (Å²) < 4.78 is 58.5. The lowest BCUT2D eigenvalue weighted by atomic mass is 9.94. The van der Waals surface area contributed by atoms with Crippen molar-refractivity contribution in [1.82, 2.24) is 0 Å². The van der Waals surface area contributed by atoms with E-state index in [1.165, 1.54) is 36.4 Å². The standard InChI is InChI=1S/C22H20ClF4NO3/c1-2-31-21(30)16-10-15(16)13-5-8-18(24)19(9-13)28-20(29)17(11-22(25,26)27)12-3-6-14(23)7-4-12/h3-9,15-17H,2,10-11H2,1H3,(H,28,29)/t15?,16?,17-/m0/s1. The van der Waals surface area contributed by atoms with Gasteiger partial charge in [0.15, 0.2) is 0 Å². The number of ether oxygens (including phenoxy) is 1. The Bertz CT molecular complexity index is 962. The van der Waals surface area contributed by atoms with Crippen molar-refractivity contribution in [3.05, 3.63) is 64.4 Å². The minimum absolute atomic E-state index is 0.111. The number of alkyl halides is 3. The minimum Gasteiger partial charge on any atom is -0.466 e. The maximum atomic E-state index is 14.3. The fraction of sp³-hybridized carbons (Fsp3) is 0.364. The number of carbonyl (C=O) groups is 2. The Balaban J connectivity index is 1.80. The van der Waals surface area contributed by atoms with Crippen molar-refractivity contribution in [3.8, 4) is 0 Å². The van der Waals surface area contributed by atoms with Crippen molar-refractivity contribution in [2.24, 2.45) is 5.92 Å². The molecule has 3 rings (SSSR count). The Morgan fingerprint density at radius 1 is 1.19 bits per heavy atom. The van der Waals surface area contributed by atoms with Crippen LogP contribution in [0.5, 0.6) is 0 Å². The van der Waals surface area contributed by atoms with Crippen molar-refractivity contribution in [1.29, 1.82) is 0 Å². The summed E-state index contributed by atoms with van der Waals surface area (Å²) in [5.74, 6) is -4.23. The van der Waals surface area contributed by atoms with Gasteiger partial charge in [-0.15, -0.1) is 0 Å². The molecular formula is C22H20ClF4NO3. The zero-order valence-electron chi connectivity index (χ0n) is 16.5. The van der Waals surface area contributed by atoms with Gasteiger partial charge >= 0.3 is 12.1 Å². The molecule has 1 aliphatic carbocycles. The minimum atomic E-state index is -4.61. The van der Waals surface area contributed by atoms with E-state index in [1.54, 1.807) is 6.92 Å². The number of benzene rings is 2. The second-order valence-electron chi connectivity index (χ2n) is 7.35. The molecule has 166 valence electrons. The van der Waals surface area contributed by atoms with Gasteiger partial charge in [0.05, 0.1) is 30.6 Å². The first kappa shape index (κ1) is 23.1. The summed E-state index contributed by atoms with van der Waals surface area (Å²) in [5, 5.41) is 2.59. The number of halogens is 5. The molecule has 2 aromatic carbocycles. The highest BCUT2D eigenvalue weighted by Gasteiger charge is 2.45. The van der Waals surface area contributed by atoms with Gasteiger partial charge < -0.3 is 10.1 Å². The van der Waals surface area contributed by atoms with E-state index in [2.05, 4.69) is 5.32 Å². The highest BCUT2D eigenvalue weighted by atomic mass is 35.5. The average molecular weight is 458 g/mol. The summed E-state index contributed by atoms with van der Waals surface area (Å²) in [7, 11) is 0. The largest absolute Gasteiger partial charge is 0.466 e. The van der Waals surface area contributed by atoms with Crippen LogP contribution in [0, 0.1) is 11.7 Å². The van der Waals surface area contributed by atoms with E-state index in [9.17, 15) is 27.2 Å². The SMILES string of the molecule is CCOC(=O)C1CC1c1ccc(F)c(NC(=O)[C@@H](CC(F)(F)F)c2ccc(Cl)cc2)c1. The zero-order chi connectivity index (χ0) is 22.8. The molecule has 1 amide bonds. The van der Waals surface area contributed by atoms with Crippen molar-refractivity contribution < 1.29 is 31.9 Å². The maximum absolute atomic E-state index is 14.3. The molecule has 2 aromatic rings. The van der Waals surface area contributed by atoms with Gasteiger partial charge in [-0.3, -0.25) is 9.59 Å². The monoisotopic (exact) mass is 457 g/mol. The number of hydrogen-bond acceptors (Lipinski definition) is 3. The van der Waals surface area contributed by atoms with E-state index in [0.29, 0.717) is 17.0 Å². The van der Waals surface area contributed by atoms with Crippen LogP contribution in [-0.2, 0) is 14.3 Å². The van der Waals surface area contributed by atoms with Gasteiger partial charge in [0.25, 0.3) is 0 Å². The zero-order valence-corrected chi connectivity index (χ0v) is 17.3. The Labute approximate surface area is 181 Å². The highest BCUT2D eigenvalue weighted by Crippen LogP contribution is 2.48. The van der Waals surface area contributed by atoms with Gasteiger partial charge in [-0.2, -0.15) is 13.2 Å². The van der Waals surface area contributed by atoms with E-state index in [0.717, 1.165) is 6.07 Å². The molecule has 1 aliphatic rings. The maximum Gasteiger partial charge on any atom is 0.390 e. The Kier molecular flexibility index (Phi) is 6.89. The van der Waals surface area contributed by atoms with Crippen molar-refractivity contribution in [3.63, 3.8) is 0 Å². The molecule has 0 aliphatic heterocycles. The topological polar surface area (TPSA) is 55.4 Å². The third kappa shape index (κ3) is 5.97. The van der Waals surface area contributed by atoms with Gasteiger partial charge in [-0.05, 0) is 54.7 Å². The van der Waals surface area contributed by atoms with Crippen molar-refractivity contribution in [2.45, 2.75) is 37.8 Å². The van der Waals surface area contributed by atoms with Crippen LogP contribution in [0.25, 0.3) is 0 Å². The number of nitrogens with one attached hydrogen (secondary N) is 1. The quantitative estimate of drug-likeness (QED) is 0.421. The van der Waals surface area contributed by atoms with Gasteiger partial charge in [-0.1, -0.05) is 29.8 Å². The summed E-state index contributed by atoms with van der Waals surface area (Å²) in [4.78, 5) is 24.5. The van der Waals surface area contributed by atoms with Crippen molar-refractivity contribution in [2.75, 3.05) is 11.9 Å². The van der Waals surface area contributed by atoms with E-state index in [1.807, 2.05) is 0 Å². The molecule has 4 nitrogen and oxygen atoms in total. The molecule has 9 heteroatoms. The van der Waals surface area contributed by atoms with Crippen LogP contribution >= 0.6 is 11.6 Å². The number of anilines is 1. The first-order valence-corrected chi connectivity index (χ1v) is 10.1. The van der Waals surface area contributed by atoms with E-state index in [4.69, 9.17) is 16.3 Å². The summed E-state index contributed by atoms with van der Waals surface area (Å²) in [6.07, 6.45) is -5.49. The Morgan fingerprint density at radius 2 is 1.87 bits per heavy atom. The fourth-order valence-electron chi connectivity index (χ4n) is 3.45. The number of hydrogen-bond donors (Lipinski definition) is 1. The van der Waals surface area contributed by atoms with Crippen LogP contribution in [0.3, 0.4) is 0 Å². The molecule has 2 unspecified atom stereocenters. The second kappa shape index (κ2) is 9.26. The molecule has 1 fully saturated rings. The number of rotatable bonds is 7. The van der Waals surface area contributed by atoms with Crippen LogP contribution in [0.4, 0.5) is 23.2 Å². The molecular weight excluding hydrogens is 438 g/mol. The summed E-state index contributed by atoms with van der Waals surface area (Å²) in [5.41, 5.74) is 0.479. The first-order valence-electron chi connectivity index (χ1n) is 9.68. The lowest BCUT2D eigenvalue weighted by Crippen LogP contribution is -2.26. The molecule has 0 heterocycles. The number of amides is 1. The lowest BCUT2D eigenvalue weighted by molar-refractivity contribution is -0.146. The van der Waals surface area contributed by atoms with E-state index >= 15 is 0 Å². The smallest absolute Gasteiger partial charge is 0.390 e. The molecule has 31 heavy (non-hydrogen) atoms. The third-order valence-corrected chi connectivity index (χ3v) is 5.33. The molecule has 0 spiro atoms. The first-order chi connectivity index (χ1) is 14.6. The molecule has 1 N–H and O–H groups in total. The van der Waals surface area contributed by atoms with Crippen LogP contribution in [0.1, 0.15) is 42.7 Å². The summed E-state index contributed by atoms with van der Waals surface area (Å²) >= 11 is 5.78. The highest BCUT2D eigenvalue weighted by molar-refractivity contribution is 6.30. The Morgan fingerprint density at radius 3 is 2.48 bits per heavy atom. The lowest BCUT2D eigenvalue weighted by Gasteiger charge is -2.19. The molecule has 0 aromatic heterocycles. The molecule has 0 bridgehead atoms. The molecule has 3 atom stereocenters. The third-order valence-electron chi connectivity index (χ3n) is 5.08. The van der Waals surface area contributed by atoms with Crippen LogP contribution in [0.15, 0.2) is 42.5 Å². The number of carbonyl (C=O) groups excluding carboxylic acids is 2. The average Bonchev–Trinajstić information content (AvgIpc) is 3.49. The predicted molar refractivity (Wildman–Crippen MR) is 107 cm³/mol. The normalized spacial score (nSPS) is 18.9. The predicted octanol–water partition coefficient (Wildman–Crippen LogP) is 5.82. The van der Waals surface area contributed by atoms with Gasteiger partial charge in [0, 0.05) is 5.02 Å². The fourth-order valence-corrected chi connectivity index (χ4v) is 3.58. The van der Waals surface area contributed by atoms with Gasteiger partial charge in [0.1, 0.15) is 5.82 Å². The molecule has 0 saturated heterocycles.